The Balaban J connectivity index is 2.02. The molecule has 0 aliphatic heterocycles. The molecule has 21 heavy (non-hydrogen) atoms. The lowest BCUT2D eigenvalue weighted by atomic mass is 10.1. The second-order valence-electron chi connectivity index (χ2n) is 4.75. The van der Waals surface area contributed by atoms with Gasteiger partial charge in [0.25, 0.3) is 0 Å². The highest BCUT2D eigenvalue weighted by atomic mass is 35.5. The molecule has 0 aliphatic rings. The van der Waals surface area contributed by atoms with Gasteiger partial charge < -0.3 is 5.73 Å². The summed E-state index contributed by atoms with van der Waals surface area (Å²) >= 11 is 7.39. The number of nitrogens with zero attached hydrogens (tertiary/aromatic N) is 3. The molecule has 2 N–H and O–H groups in total. The molecule has 0 radical (unpaired) electrons. The third-order valence-corrected chi connectivity index (χ3v) is 4.12. The molecule has 6 heteroatoms. The fourth-order valence-electron chi connectivity index (χ4n) is 2.01. The van der Waals surface area contributed by atoms with Crippen LogP contribution in [0.4, 0.5) is 5.82 Å². The van der Waals surface area contributed by atoms with Crippen LogP contribution in [0.3, 0.4) is 0 Å². The fraction of sp³-hybridized carbons (Fsp3) is 0.400. The van der Waals surface area contributed by atoms with Crippen molar-refractivity contribution in [2.75, 3.05) is 5.73 Å². The van der Waals surface area contributed by atoms with Gasteiger partial charge >= 0.3 is 0 Å². The Morgan fingerprint density at radius 1 is 1.29 bits per heavy atom. The zero-order valence-corrected chi connectivity index (χ0v) is 13.6. The number of halogens is 1. The third kappa shape index (κ3) is 5.17. The molecular weight excluding hydrogens is 304 g/mol. The molecule has 2 aromatic heterocycles. The van der Waals surface area contributed by atoms with Crippen molar-refractivity contribution >= 4 is 29.2 Å². The van der Waals surface area contributed by atoms with Crippen molar-refractivity contribution in [1.29, 1.82) is 0 Å². The number of rotatable bonds is 7. The van der Waals surface area contributed by atoms with Gasteiger partial charge in [-0.05, 0) is 24.5 Å². The number of nitrogen functional groups attached to an aromatic ring is 1. The highest BCUT2D eigenvalue weighted by molar-refractivity contribution is 7.98. The molecule has 0 amide bonds. The second-order valence-corrected chi connectivity index (χ2v) is 6.08. The molecular formula is C15H19ClN4S. The first-order valence-electron chi connectivity index (χ1n) is 7.04. The normalized spacial score (nSPS) is 10.8. The summed E-state index contributed by atoms with van der Waals surface area (Å²) in [5.41, 5.74) is 8.06. The van der Waals surface area contributed by atoms with Gasteiger partial charge in [-0.25, -0.2) is 9.97 Å². The Bertz CT molecular complexity index is 571. The van der Waals surface area contributed by atoms with Gasteiger partial charge in [-0.1, -0.05) is 49.2 Å². The molecule has 2 aromatic rings. The largest absolute Gasteiger partial charge is 0.384 e. The van der Waals surface area contributed by atoms with Crippen LogP contribution < -0.4 is 5.73 Å². The Kier molecular flexibility index (Phi) is 6.26. The number of nitrogens with two attached hydrogens (primary N) is 1. The van der Waals surface area contributed by atoms with Crippen LogP contribution >= 0.6 is 23.4 Å². The quantitative estimate of drug-likeness (QED) is 0.359. The van der Waals surface area contributed by atoms with Gasteiger partial charge in [-0.2, -0.15) is 0 Å². The monoisotopic (exact) mass is 322 g/mol. The van der Waals surface area contributed by atoms with E-state index in [1.807, 2.05) is 12.3 Å². The van der Waals surface area contributed by atoms with Gasteiger partial charge in [-0.3, -0.25) is 4.98 Å². The predicted molar refractivity (Wildman–Crippen MR) is 88.5 cm³/mol. The van der Waals surface area contributed by atoms with Crippen LogP contribution in [0, 0.1) is 0 Å². The Hall–Kier alpha value is -1.33. The van der Waals surface area contributed by atoms with E-state index in [1.165, 1.54) is 36.6 Å². The minimum atomic E-state index is 0.370. The number of pyridine rings is 1. The maximum Gasteiger partial charge on any atom is 0.191 e. The zero-order valence-electron chi connectivity index (χ0n) is 12.1. The lowest BCUT2D eigenvalue weighted by Gasteiger charge is -2.08. The van der Waals surface area contributed by atoms with Crippen molar-refractivity contribution in [3.8, 4) is 0 Å². The zero-order chi connectivity index (χ0) is 15.1. The van der Waals surface area contributed by atoms with Crippen LogP contribution in [0.5, 0.6) is 0 Å². The molecule has 0 aromatic carbocycles. The second kappa shape index (κ2) is 8.20. The molecule has 4 nitrogen and oxygen atoms in total. The van der Waals surface area contributed by atoms with Gasteiger partial charge in [0.1, 0.15) is 11.0 Å². The first-order valence-corrected chi connectivity index (χ1v) is 8.41. The van der Waals surface area contributed by atoms with Crippen LogP contribution in [-0.4, -0.2) is 15.0 Å². The maximum absolute atomic E-state index is 5.89. The van der Waals surface area contributed by atoms with Gasteiger partial charge in [0, 0.05) is 18.0 Å². The first kappa shape index (κ1) is 16.0. The van der Waals surface area contributed by atoms with Crippen molar-refractivity contribution in [1.82, 2.24) is 15.0 Å². The summed E-state index contributed by atoms with van der Waals surface area (Å²) in [4.78, 5) is 12.8. The van der Waals surface area contributed by atoms with Crippen LogP contribution in [0.15, 0.2) is 29.6 Å². The summed E-state index contributed by atoms with van der Waals surface area (Å²) in [7, 11) is 0. The van der Waals surface area contributed by atoms with Gasteiger partial charge in [0.05, 0.1) is 5.69 Å². The smallest absolute Gasteiger partial charge is 0.191 e. The van der Waals surface area contributed by atoms with Crippen molar-refractivity contribution in [3.63, 3.8) is 0 Å². The van der Waals surface area contributed by atoms with Crippen molar-refractivity contribution < 1.29 is 0 Å². The summed E-state index contributed by atoms with van der Waals surface area (Å²) in [6.45, 7) is 2.21. The van der Waals surface area contributed by atoms with E-state index in [0.29, 0.717) is 16.1 Å². The molecule has 0 spiro atoms. The third-order valence-electron chi connectivity index (χ3n) is 3.07. The highest BCUT2D eigenvalue weighted by Gasteiger charge is 2.07. The summed E-state index contributed by atoms with van der Waals surface area (Å²) < 4.78 is 0. The van der Waals surface area contributed by atoms with Crippen LogP contribution in [0.2, 0.25) is 5.15 Å². The molecule has 0 unspecified atom stereocenters. The van der Waals surface area contributed by atoms with Crippen molar-refractivity contribution in [3.05, 3.63) is 40.8 Å². The molecule has 0 aliphatic carbocycles. The number of thioether (sulfide) groups is 1. The van der Waals surface area contributed by atoms with Crippen LogP contribution in [0.25, 0.3) is 0 Å². The topological polar surface area (TPSA) is 64.7 Å². The maximum atomic E-state index is 5.89. The van der Waals surface area contributed by atoms with Gasteiger partial charge in [0.15, 0.2) is 5.16 Å². The van der Waals surface area contributed by atoms with E-state index >= 15 is 0 Å². The average molecular weight is 323 g/mol. The van der Waals surface area contributed by atoms with E-state index < -0.39 is 0 Å². The Morgan fingerprint density at radius 3 is 2.90 bits per heavy atom. The molecule has 112 valence electrons. The number of anilines is 1. The van der Waals surface area contributed by atoms with E-state index in [4.69, 9.17) is 17.3 Å². The predicted octanol–water partition coefficient (Wildman–Crippen LogP) is 4.13. The van der Waals surface area contributed by atoms with Crippen molar-refractivity contribution in [2.45, 2.75) is 43.5 Å². The summed E-state index contributed by atoms with van der Waals surface area (Å²) in [5.74, 6) is 1.11. The van der Waals surface area contributed by atoms with E-state index in [2.05, 4.69) is 27.9 Å². The number of hydrogen-bond acceptors (Lipinski definition) is 5. The standard InChI is InChI=1S/C15H19ClN4S/c1-2-3-4-6-11-7-5-8-18-12(11)10-21-15-19-13(16)9-14(17)20-15/h5,7-9H,2-4,6,10H2,1H3,(H2,17,19,20). The van der Waals surface area contributed by atoms with Gasteiger partial charge in [0.2, 0.25) is 0 Å². The van der Waals surface area contributed by atoms with E-state index in [9.17, 15) is 0 Å². The van der Waals surface area contributed by atoms with E-state index in [-0.39, 0.29) is 0 Å². The number of aryl methyl sites for hydroxylation is 1. The lowest BCUT2D eigenvalue weighted by Crippen LogP contribution is -1.98. The molecule has 2 heterocycles. The minimum Gasteiger partial charge on any atom is -0.384 e. The summed E-state index contributed by atoms with van der Waals surface area (Å²) in [6.07, 6.45) is 6.55. The van der Waals surface area contributed by atoms with Crippen molar-refractivity contribution in [2.24, 2.45) is 0 Å². The molecule has 0 saturated heterocycles. The lowest BCUT2D eigenvalue weighted by molar-refractivity contribution is 0.712. The number of hydrogen-bond donors (Lipinski definition) is 1. The van der Waals surface area contributed by atoms with E-state index in [1.54, 1.807) is 6.07 Å². The number of unbranched alkanes of at least 4 members (excludes halogenated alkanes) is 2. The van der Waals surface area contributed by atoms with Gasteiger partial charge in [-0.15, -0.1) is 0 Å². The molecule has 0 saturated carbocycles. The Morgan fingerprint density at radius 2 is 2.14 bits per heavy atom. The summed E-state index contributed by atoms with van der Waals surface area (Å²) in [6, 6.07) is 5.68. The minimum absolute atomic E-state index is 0.370. The molecule has 0 atom stereocenters. The fourth-order valence-corrected chi connectivity index (χ4v) is 3.11. The first-order chi connectivity index (χ1) is 10.2. The van der Waals surface area contributed by atoms with Crippen LogP contribution in [0.1, 0.15) is 37.4 Å². The SMILES string of the molecule is CCCCCc1cccnc1CSc1nc(N)cc(Cl)n1. The highest BCUT2D eigenvalue weighted by Crippen LogP contribution is 2.23. The summed E-state index contributed by atoms with van der Waals surface area (Å²) in [5, 5.41) is 0.958. The van der Waals surface area contributed by atoms with Crippen LogP contribution in [-0.2, 0) is 12.2 Å². The molecule has 0 fully saturated rings. The van der Waals surface area contributed by atoms with E-state index in [0.717, 1.165) is 17.9 Å². The Labute approximate surface area is 134 Å². The molecule has 0 bridgehead atoms. The molecule has 2 rings (SSSR count). The average Bonchev–Trinajstić information content (AvgIpc) is 2.45. The number of aromatic nitrogens is 3.